The monoisotopic (exact) mass is 353 g/mol. The minimum Gasteiger partial charge on any atom is -0.352 e. The van der Waals surface area contributed by atoms with Crippen LogP contribution in [-0.4, -0.2) is 21.7 Å². The van der Waals surface area contributed by atoms with E-state index in [1.54, 1.807) is 10.9 Å². The van der Waals surface area contributed by atoms with E-state index in [4.69, 9.17) is 0 Å². The Balaban J connectivity index is 1.62. The van der Waals surface area contributed by atoms with Gasteiger partial charge in [0.1, 0.15) is 6.04 Å². The third-order valence-electron chi connectivity index (χ3n) is 5.38. The Morgan fingerprint density at radius 2 is 2.33 bits per heavy atom. The lowest BCUT2D eigenvalue weighted by Gasteiger charge is -2.29. The number of carbonyl (C=O) groups excluding carboxylic acids is 1. The Hall–Kier alpha value is -0.840. The van der Waals surface area contributed by atoms with Crippen LogP contribution in [0.5, 0.6) is 0 Å². The fourth-order valence-electron chi connectivity index (χ4n) is 4.31. The molecule has 3 rings (SSSR count). The molecule has 2 aliphatic carbocycles. The minimum absolute atomic E-state index is 0.100. The fraction of sp³-hybridized carbons (Fsp3) is 0.750. The first kappa shape index (κ1) is 15.1. The van der Waals surface area contributed by atoms with Gasteiger partial charge in [0.15, 0.2) is 0 Å². The molecule has 21 heavy (non-hydrogen) atoms. The number of fused-ring (bicyclic) bond motifs is 2. The van der Waals surface area contributed by atoms with Crippen molar-refractivity contribution >= 4 is 21.8 Å². The van der Waals surface area contributed by atoms with Gasteiger partial charge in [-0.1, -0.05) is 13.3 Å². The SMILES string of the molecule is CCC(C(=O)NC(C)C1CC2CCC1C2)n1cc(Br)cn1. The van der Waals surface area contributed by atoms with Gasteiger partial charge in [-0.3, -0.25) is 9.48 Å². The summed E-state index contributed by atoms with van der Waals surface area (Å²) in [5.41, 5.74) is 0. The molecule has 1 aromatic rings. The van der Waals surface area contributed by atoms with E-state index in [1.165, 1.54) is 25.7 Å². The van der Waals surface area contributed by atoms with Crippen molar-refractivity contribution in [1.82, 2.24) is 15.1 Å². The van der Waals surface area contributed by atoms with Gasteiger partial charge < -0.3 is 5.32 Å². The zero-order valence-corrected chi connectivity index (χ0v) is 14.3. The molecule has 1 heterocycles. The normalized spacial score (nSPS) is 30.3. The number of halogens is 1. The highest BCUT2D eigenvalue weighted by Crippen LogP contribution is 2.49. The van der Waals surface area contributed by atoms with Gasteiger partial charge in [-0.25, -0.2) is 0 Å². The van der Waals surface area contributed by atoms with E-state index in [9.17, 15) is 4.79 Å². The Morgan fingerprint density at radius 3 is 2.86 bits per heavy atom. The highest BCUT2D eigenvalue weighted by atomic mass is 79.9. The molecular weight excluding hydrogens is 330 g/mol. The maximum atomic E-state index is 12.6. The highest BCUT2D eigenvalue weighted by Gasteiger charge is 2.42. The average molecular weight is 354 g/mol. The van der Waals surface area contributed by atoms with Crippen LogP contribution in [0.4, 0.5) is 0 Å². The second-order valence-corrected chi connectivity index (χ2v) is 7.61. The van der Waals surface area contributed by atoms with Crippen molar-refractivity contribution in [2.24, 2.45) is 17.8 Å². The predicted octanol–water partition coefficient (Wildman–Crippen LogP) is 3.54. The third kappa shape index (κ3) is 3.03. The summed E-state index contributed by atoms with van der Waals surface area (Å²) in [5, 5.41) is 7.51. The van der Waals surface area contributed by atoms with Crippen LogP contribution in [-0.2, 0) is 4.79 Å². The summed E-state index contributed by atoms with van der Waals surface area (Å²) < 4.78 is 2.67. The summed E-state index contributed by atoms with van der Waals surface area (Å²) in [6.07, 6.45) is 9.80. The summed E-state index contributed by atoms with van der Waals surface area (Å²) in [4.78, 5) is 12.6. The molecule has 2 saturated carbocycles. The van der Waals surface area contributed by atoms with Crippen LogP contribution < -0.4 is 5.32 Å². The zero-order valence-electron chi connectivity index (χ0n) is 12.8. The number of hydrogen-bond donors (Lipinski definition) is 1. The van der Waals surface area contributed by atoms with Crippen molar-refractivity contribution in [3.05, 3.63) is 16.9 Å². The zero-order chi connectivity index (χ0) is 15.0. The molecule has 4 nitrogen and oxygen atoms in total. The Kier molecular flexibility index (Phi) is 4.38. The molecule has 0 saturated heterocycles. The van der Waals surface area contributed by atoms with Gasteiger partial charge in [-0.05, 0) is 66.3 Å². The van der Waals surface area contributed by atoms with Crippen molar-refractivity contribution in [2.75, 3.05) is 0 Å². The number of nitrogens with zero attached hydrogens (tertiary/aromatic N) is 2. The van der Waals surface area contributed by atoms with Crippen LogP contribution in [0.25, 0.3) is 0 Å². The average Bonchev–Trinajstić information content (AvgIpc) is 3.16. The molecule has 5 atom stereocenters. The third-order valence-corrected chi connectivity index (χ3v) is 5.79. The van der Waals surface area contributed by atoms with Gasteiger partial charge >= 0.3 is 0 Å². The van der Waals surface area contributed by atoms with Crippen molar-refractivity contribution in [3.63, 3.8) is 0 Å². The fourth-order valence-corrected chi connectivity index (χ4v) is 4.61. The summed E-state index contributed by atoms with van der Waals surface area (Å²) in [7, 11) is 0. The standard InChI is InChI=1S/C16H24BrN3O/c1-3-15(20-9-13(17)8-18-20)16(21)19-10(2)14-7-11-4-5-12(14)6-11/h8-12,14-15H,3-7H2,1-2H3,(H,19,21). The number of aromatic nitrogens is 2. The largest absolute Gasteiger partial charge is 0.352 e. The molecule has 2 aliphatic rings. The smallest absolute Gasteiger partial charge is 0.245 e. The molecule has 1 N–H and O–H groups in total. The lowest BCUT2D eigenvalue weighted by molar-refractivity contribution is -0.125. The molecular formula is C16H24BrN3O. The molecule has 1 amide bonds. The van der Waals surface area contributed by atoms with Crippen LogP contribution >= 0.6 is 15.9 Å². The lowest BCUT2D eigenvalue weighted by Crippen LogP contribution is -2.43. The van der Waals surface area contributed by atoms with Gasteiger partial charge in [0.25, 0.3) is 0 Å². The van der Waals surface area contributed by atoms with Crippen LogP contribution in [0.15, 0.2) is 16.9 Å². The van der Waals surface area contributed by atoms with Crippen molar-refractivity contribution in [3.8, 4) is 0 Å². The molecule has 0 spiro atoms. The van der Waals surface area contributed by atoms with Gasteiger partial charge in [-0.15, -0.1) is 0 Å². The highest BCUT2D eigenvalue weighted by molar-refractivity contribution is 9.10. The number of nitrogens with one attached hydrogen (secondary N) is 1. The van der Waals surface area contributed by atoms with E-state index in [-0.39, 0.29) is 18.0 Å². The van der Waals surface area contributed by atoms with Crippen LogP contribution in [0.1, 0.15) is 52.0 Å². The number of carbonyl (C=O) groups is 1. The summed E-state index contributed by atoms with van der Waals surface area (Å²) in [6, 6.07) is 0.0678. The van der Waals surface area contributed by atoms with Crippen LogP contribution in [0, 0.1) is 17.8 Å². The van der Waals surface area contributed by atoms with E-state index < -0.39 is 0 Å². The van der Waals surface area contributed by atoms with Crippen molar-refractivity contribution in [2.45, 2.75) is 58.0 Å². The molecule has 0 aromatic carbocycles. The maximum absolute atomic E-state index is 12.6. The Bertz CT molecular complexity index is 515. The molecule has 5 unspecified atom stereocenters. The number of hydrogen-bond acceptors (Lipinski definition) is 2. The molecule has 2 bridgehead atoms. The first-order valence-corrected chi connectivity index (χ1v) is 8.87. The summed E-state index contributed by atoms with van der Waals surface area (Å²) in [5.74, 6) is 2.53. The quantitative estimate of drug-likeness (QED) is 0.879. The topological polar surface area (TPSA) is 46.9 Å². The van der Waals surface area contributed by atoms with Gasteiger partial charge in [0, 0.05) is 12.2 Å². The predicted molar refractivity (Wildman–Crippen MR) is 85.8 cm³/mol. The second-order valence-electron chi connectivity index (χ2n) is 6.70. The number of rotatable bonds is 5. The Labute approximate surface area is 134 Å². The molecule has 0 aliphatic heterocycles. The van der Waals surface area contributed by atoms with Gasteiger partial charge in [0.2, 0.25) is 5.91 Å². The van der Waals surface area contributed by atoms with E-state index in [1.807, 2.05) is 13.1 Å². The summed E-state index contributed by atoms with van der Waals surface area (Å²) >= 11 is 3.39. The van der Waals surface area contributed by atoms with Crippen LogP contribution in [0.3, 0.4) is 0 Å². The number of amides is 1. The van der Waals surface area contributed by atoms with E-state index >= 15 is 0 Å². The second kappa shape index (κ2) is 6.11. The molecule has 0 radical (unpaired) electrons. The minimum atomic E-state index is -0.211. The molecule has 2 fully saturated rings. The lowest BCUT2D eigenvalue weighted by atomic mass is 9.84. The maximum Gasteiger partial charge on any atom is 0.245 e. The Morgan fingerprint density at radius 1 is 1.52 bits per heavy atom. The van der Waals surface area contributed by atoms with E-state index in [0.29, 0.717) is 5.92 Å². The molecule has 1 aromatic heterocycles. The van der Waals surface area contributed by atoms with Gasteiger partial charge in [-0.2, -0.15) is 5.10 Å². The summed E-state index contributed by atoms with van der Waals surface area (Å²) in [6.45, 7) is 4.21. The van der Waals surface area contributed by atoms with Crippen LogP contribution in [0.2, 0.25) is 0 Å². The van der Waals surface area contributed by atoms with Crippen molar-refractivity contribution in [1.29, 1.82) is 0 Å². The van der Waals surface area contributed by atoms with E-state index in [0.717, 1.165) is 22.7 Å². The molecule has 5 heteroatoms. The molecule has 116 valence electrons. The first-order valence-electron chi connectivity index (χ1n) is 8.08. The first-order chi connectivity index (χ1) is 10.1. The van der Waals surface area contributed by atoms with Gasteiger partial charge in [0.05, 0.1) is 10.7 Å². The van der Waals surface area contributed by atoms with Crippen molar-refractivity contribution < 1.29 is 4.79 Å². The van der Waals surface area contributed by atoms with E-state index in [2.05, 4.69) is 33.3 Å².